The third-order valence-electron chi connectivity index (χ3n) is 2.32. The molecule has 1 atom stereocenters. The Hall–Kier alpha value is -0.900. The third-order valence-corrected chi connectivity index (χ3v) is 5.30. The molecule has 0 saturated carbocycles. The number of nitriles is 1. The van der Waals surface area contributed by atoms with Crippen LogP contribution in [0.1, 0.15) is 11.8 Å². The van der Waals surface area contributed by atoms with E-state index in [1.54, 1.807) is 17.4 Å². The van der Waals surface area contributed by atoms with Crippen LogP contribution in [-0.2, 0) is 16.4 Å². The van der Waals surface area contributed by atoms with Gasteiger partial charge in [0, 0.05) is 18.5 Å². The molecule has 1 aromatic rings. The van der Waals surface area contributed by atoms with E-state index in [1.807, 2.05) is 17.5 Å². The zero-order valence-corrected chi connectivity index (χ0v) is 10.9. The summed E-state index contributed by atoms with van der Waals surface area (Å²) in [6.07, 6.45) is 0.686. The van der Waals surface area contributed by atoms with Crippen LogP contribution >= 0.6 is 11.3 Å². The van der Waals surface area contributed by atoms with Crippen LogP contribution in [0.4, 0.5) is 0 Å². The highest BCUT2D eigenvalue weighted by atomic mass is 32.2. The van der Waals surface area contributed by atoms with E-state index in [-0.39, 0.29) is 0 Å². The first-order chi connectivity index (χ1) is 7.48. The first kappa shape index (κ1) is 13.2. The summed E-state index contributed by atoms with van der Waals surface area (Å²) in [5, 5.41) is 9.59. The lowest BCUT2D eigenvalue weighted by Crippen LogP contribution is -2.35. The van der Waals surface area contributed by atoms with Gasteiger partial charge in [0.25, 0.3) is 0 Å². The van der Waals surface area contributed by atoms with E-state index in [0.717, 1.165) is 4.88 Å². The first-order valence-corrected chi connectivity index (χ1v) is 7.24. The Morgan fingerprint density at radius 1 is 1.62 bits per heavy atom. The molecule has 0 amide bonds. The van der Waals surface area contributed by atoms with Gasteiger partial charge in [0.05, 0.1) is 6.07 Å². The summed E-state index contributed by atoms with van der Waals surface area (Å²) < 4.78 is 24.7. The molecular weight excluding hydrogens is 244 g/mol. The molecule has 0 bridgehead atoms. The molecular formula is C10H14N2O2S2. The average Bonchev–Trinajstić information content (AvgIpc) is 2.77. The number of thiophene rings is 1. The van der Waals surface area contributed by atoms with Crippen molar-refractivity contribution in [2.45, 2.75) is 18.6 Å². The van der Waals surface area contributed by atoms with E-state index < -0.39 is 15.3 Å². The van der Waals surface area contributed by atoms with Crippen LogP contribution in [0, 0.1) is 11.3 Å². The van der Waals surface area contributed by atoms with Gasteiger partial charge in [-0.15, -0.1) is 11.3 Å². The van der Waals surface area contributed by atoms with Gasteiger partial charge in [-0.3, -0.25) is 0 Å². The molecule has 0 radical (unpaired) electrons. The lowest BCUT2D eigenvalue weighted by atomic mass is 10.3. The van der Waals surface area contributed by atoms with E-state index in [0.29, 0.717) is 13.0 Å². The molecule has 0 aliphatic rings. The van der Waals surface area contributed by atoms with Gasteiger partial charge in [-0.1, -0.05) is 6.07 Å². The molecule has 0 aromatic carbocycles. The van der Waals surface area contributed by atoms with Gasteiger partial charge < -0.3 is 0 Å². The number of rotatable bonds is 5. The van der Waals surface area contributed by atoms with Crippen LogP contribution in [0.15, 0.2) is 17.5 Å². The molecule has 1 unspecified atom stereocenters. The van der Waals surface area contributed by atoms with Gasteiger partial charge in [-0.25, -0.2) is 12.7 Å². The molecule has 0 aliphatic heterocycles. The maximum absolute atomic E-state index is 11.7. The van der Waals surface area contributed by atoms with E-state index in [4.69, 9.17) is 5.26 Å². The Kier molecular flexibility index (Phi) is 4.47. The lowest BCUT2D eigenvalue weighted by Gasteiger charge is -2.17. The predicted molar refractivity (Wildman–Crippen MR) is 64.6 cm³/mol. The normalized spacial score (nSPS) is 13.6. The Morgan fingerprint density at radius 3 is 2.81 bits per heavy atom. The van der Waals surface area contributed by atoms with Crippen LogP contribution in [0.5, 0.6) is 0 Å². The summed E-state index contributed by atoms with van der Waals surface area (Å²) in [5.74, 6) is 0. The Labute approximate surface area is 100 Å². The second-order valence-electron chi connectivity index (χ2n) is 3.47. The fourth-order valence-electron chi connectivity index (χ4n) is 1.19. The topological polar surface area (TPSA) is 61.2 Å². The molecule has 0 aliphatic carbocycles. The number of hydrogen-bond donors (Lipinski definition) is 0. The molecule has 0 N–H and O–H groups in total. The summed E-state index contributed by atoms with van der Waals surface area (Å²) in [5.41, 5.74) is 0. The van der Waals surface area contributed by atoms with Gasteiger partial charge in [0.1, 0.15) is 0 Å². The molecule has 16 heavy (non-hydrogen) atoms. The molecule has 1 aromatic heterocycles. The highest BCUT2D eigenvalue weighted by Gasteiger charge is 2.25. The Morgan fingerprint density at radius 2 is 2.31 bits per heavy atom. The molecule has 88 valence electrons. The monoisotopic (exact) mass is 258 g/mol. The predicted octanol–water partition coefficient (Wildman–Crippen LogP) is 1.46. The molecule has 1 heterocycles. The van der Waals surface area contributed by atoms with E-state index in [1.165, 1.54) is 18.3 Å². The van der Waals surface area contributed by atoms with E-state index in [2.05, 4.69) is 0 Å². The zero-order valence-electron chi connectivity index (χ0n) is 9.25. The van der Waals surface area contributed by atoms with Crippen LogP contribution in [-0.4, -0.2) is 31.6 Å². The molecule has 0 fully saturated rings. The summed E-state index contributed by atoms with van der Waals surface area (Å²) in [6, 6.07) is 5.66. The fraction of sp³-hybridized carbons (Fsp3) is 0.500. The average molecular weight is 258 g/mol. The molecule has 0 saturated heterocycles. The number of hydrogen-bond acceptors (Lipinski definition) is 4. The van der Waals surface area contributed by atoms with Gasteiger partial charge in [-0.2, -0.15) is 5.26 Å². The summed E-state index contributed by atoms with van der Waals surface area (Å²) in [7, 11) is -1.95. The van der Waals surface area contributed by atoms with Crippen molar-refractivity contribution in [1.82, 2.24) is 4.31 Å². The minimum absolute atomic E-state index is 0.412. The van der Waals surface area contributed by atoms with Crippen molar-refractivity contribution in [3.63, 3.8) is 0 Å². The molecule has 4 nitrogen and oxygen atoms in total. The van der Waals surface area contributed by atoms with Gasteiger partial charge in [-0.05, 0) is 24.8 Å². The van der Waals surface area contributed by atoms with Crippen molar-refractivity contribution in [3.05, 3.63) is 22.4 Å². The summed E-state index contributed by atoms with van der Waals surface area (Å²) in [4.78, 5) is 1.15. The Bertz CT molecular complexity index is 460. The number of nitrogens with zero attached hydrogens (tertiary/aromatic N) is 2. The largest absolute Gasteiger partial charge is 0.229 e. The maximum Gasteiger partial charge on any atom is 0.229 e. The second-order valence-corrected chi connectivity index (χ2v) is 6.86. The van der Waals surface area contributed by atoms with Crippen LogP contribution in [0.3, 0.4) is 0 Å². The zero-order chi connectivity index (χ0) is 12.2. The first-order valence-electron chi connectivity index (χ1n) is 4.85. The number of likely N-dealkylation sites (N-methyl/N-ethyl adjacent to an activating group) is 1. The van der Waals surface area contributed by atoms with Crippen molar-refractivity contribution in [2.75, 3.05) is 13.6 Å². The highest BCUT2D eigenvalue weighted by molar-refractivity contribution is 7.89. The van der Waals surface area contributed by atoms with Gasteiger partial charge in [0.2, 0.25) is 10.0 Å². The van der Waals surface area contributed by atoms with Crippen molar-refractivity contribution in [2.24, 2.45) is 0 Å². The van der Waals surface area contributed by atoms with Gasteiger partial charge in [0.15, 0.2) is 5.25 Å². The van der Waals surface area contributed by atoms with Crippen molar-refractivity contribution >= 4 is 21.4 Å². The smallest absolute Gasteiger partial charge is 0.211 e. The maximum atomic E-state index is 11.7. The van der Waals surface area contributed by atoms with Crippen molar-refractivity contribution < 1.29 is 8.42 Å². The standard InChI is InChI=1S/C10H14N2O2S2/c1-9(8-11)16(13,14)12(2)6-5-10-4-3-7-15-10/h3-4,7,9H,5-6H2,1-2H3. The second kappa shape index (κ2) is 5.43. The van der Waals surface area contributed by atoms with E-state index in [9.17, 15) is 8.42 Å². The van der Waals surface area contributed by atoms with Crippen LogP contribution in [0.2, 0.25) is 0 Å². The summed E-state index contributed by atoms with van der Waals surface area (Å²) in [6.45, 7) is 1.81. The molecule has 6 heteroatoms. The fourth-order valence-corrected chi connectivity index (χ4v) is 2.90. The van der Waals surface area contributed by atoms with Gasteiger partial charge >= 0.3 is 0 Å². The highest BCUT2D eigenvalue weighted by Crippen LogP contribution is 2.12. The minimum atomic E-state index is -3.47. The third kappa shape index (κ3) is 3.04. The number of sulfonamides is 1. The van der Waals surface area contributed by atoms with Crippen LogP contribution in [0.25, 0.3) is 0 Å². The van der Waals surface area contributed by atoms with Crippen molar-refractivity contribution in [3.8, 4) is 6.07 Å². The van der Waals surface area contributed by atoms with Crippen LogP contribution < -0.4 is 0 Å². The minimum Gasteiger partial charge on any atom is -0.211 e. The SMILES string of the molecule is CC(C#N)S(=O)(=O)N(C)CCc1cccs1. The quantitative estimate of drug-likeness (QED) is 0.803. The summed E-state index contributed by atoms with van der Waals surface area (Å²) >= 11 is 1.60. The lowest BCUT2D eigenvalue weighted by molar-refractivity contribution is 0.470. The molecule has 0 spiro atoms. The van der Waals surface area contributed by atoms with Crippen molar-refractivity contribution in [1.29, 1.82) is 5.26 Å². The Balaban J connectivity index is 2.59. The molecule has 1 rings (SSSR count). The van der Waals surface area contributed by atoms with E-state index >= 15 is 0 Å².